The van der Waals surface area contributed by atoms with Gasteiger partial charge < -0.3 is 5.32 Å². The molecule has 0 aliphatic carbocycles. The molecule has 24 heavy (non-hydrogen) atoms. The molecule has 1 heterocycles. The Bertz CT molecular complexity index is 770. The van der Waals surface area contributed by atoms with Crippen molar-refractivity contribution in [2.24, 2.45) is 0 Å². The van der Waals surface area contributed by atoms with Gasteiger partial charge in [-0.1, -0.05) is 49.4 Å². The monoisotopic (exact) mass is 322 g/mol. The van der Waals surface area contributed by atoms with Crippen LogP contribution in [0.5, 0.6) is 0 Å². The molecule has 0 bridgehead atoms. The van der Waals surface area contributed by atoms with Gasteiger partial charge in [-0.25, -0.2) is 0 Å². The van der Waals surface area contributed by atoms with E-state index in [1.807, 2.05) is 62.4 Å². The zero-order chi connectivity index (χ0) is 17.1. The summed E-state index contributed by atoms with van der Waals surface area (Å²) in [4.78, 5) is 26.7. The Hall–Kier alpha value is -2.62. The second-order valence-electron chi connectivity index (χ2n) is 6.11. The first kappa shape index (κ1) is 16.2. The van der Waals surface area contributed by atoms with Crippen molar-refractivity contribution in [2.75, 3.05) is 4.90 Å². The Morgan fingerprint density at radius 2 is 1.83 bits per heavy atom. The van der Waals surface area contributed by atoms with Gasteiger partial charge in [0.05, 0.1) is 0 Å². The molecule has 4 nitrogen and oxygen atoms in total. The lowest BCUT2D eigenvalue weighted by Gasteiger charge is -2.24. The van der Waals surface area contributed by atoms with Crippen LogP contribution in [0.15, 0.2) is 48.5 Å². The van der Waals surface area contributed by atoms with Crippen LogP contribution in [-0.4, -0.2) is 17.9 Å². The highest BCUT2D eigenvalue weighted by atomic mass is 16.2. The topological polar surface area (TPSA) is 49.4 Å². The van der Waals surface area contributed by atoms with E-state index in [9.17, 15) is 9.59 Å². The number of anilines is 1. The lowest BCUT2D eigenvalue weighted by molar-refractivity contribution is -0.126. The molecule has 0 saturated carbocycles. The van der Waals surface area contributed by atoms with Gasteiger partial charge in [-0.3, -0.25) is 14.5 Å². The fourth-order valence-electron chi connectivity index (χ4n) is 3.18. The highest BCUT2D eigenvalue weighted by molar-refractivity contribution is 6.03. The molecular formula is C20H22N2O2. The number of carbonyl (C=O) groups excluding carboxylic acids is 2. The molecule has 0 fully saturated rings. The summed E-state index contributed by atoms with van der Waals surface area (Å²) in [5, 5.41) is 2.99. The molecule has 1 N–H and O–H groups in total. The predicted octanol–water partition coefficient (Wildman–Crippen LogP) is 2.98. The van der Waals surface area contributed by atoms with Crippen LogP contribution in [0.1, 0.15) is 30.0 Å². The van der Waals surface area contributed by atoms with Crippen LogP contribution in [0, 0.1) is 6.92 Å². The molecule has 0 saturated heterocycles. The fourth-order valence-corrected chi connectivity index (χ4v) is 3.18. The number of aryl methyl sites for hydroxylation is 1. The van der Waals surface area contributed by atoms with Crippen LogP contribution >= 0.6 is 0 Å². The van der Waals surface area contributed by atoms with E-state index < -0.39 is 6.04 Å². The minimum atomic E-state index is -0.459. The summed E-state index contributed by atoms with van der Waals surface area (Å²) < 4.78 is 0. The third-order valence-electron chi connectivity index (χ3n) is 4.56. The first-order valence-electron chi connectivity index (χ1n) is 8.34. The van der Waals surface area contributed by atoms with E-state index in [0.29, 0.717) is 19.4 Å². The Morgan fingerprint density at radius 3 is 2.58 bits per heavy atom. The molecule has 0 radical (unpaired) electrons. The summed E-state index contributed by atoms with van der Waals surface area (Å²) in [5.41, 5.74) is 4.15. The van der Waals surface area contributed by atoms with E-state index in [4.69, 9.17) is 0 Å². The maximum Gasteiger partial charge on any atom is 0.243 e. The molecule has 1 aliphatic rings. The average molecular weight is 322 g/mol. The van der Waals surface area contributed by atoms with Gasteiger partial charge in [-0.2, -0.15) is 0 Å². The fraction of sp³-hybridized carbons (Fsp3) is 0.300. The zero-order valence-electron chi connectivity index (χ0n) is 14.1. The molecule has 1 atom stereocenters. The van der Waals surface area contributed by atoms with Crippen molar-refractivity contribution in [2.45, 2.75) is 39.3 Å². The minimum absolute atomic E-state index is 0.0176. The number of amides is 2. The van der Waals surface area contributed by atoms with Crippen molar-refractivity contribution in [1.29, 1.82) is 0 Å². The van der Waals surface area contributed by atoms with Crippen LogP contribution < -0.4 is 10.2 Å². The van der Waals surface area contributed by atoms with Gasteiger partial charge in [0.2, 0.25) is 11.8 Å². The molecule has 2 aromatic rings. The summed E-state index contributed by atoms with van der Waals surface area (Å²) in [6, 6.07) is 15.3. The Morgan fingerprint density at radius 1 is 1.12 bits per heavy atom. The van der Waals surface area contributed by atoms with E-state index in [1.165, 1.54) is 0 Å². The smallest absolute Gasteiger partial charge is 0.243 e. The van der Waals surface area contributed by atoms with Crippen molar-refractivity contribution in [3.8, 4) is 0 Å². The van der Waals surface area contributed by atoms with Crippen LogP contribution in [0.25, 0.3) is 0 Å². The summed E-state index contributed by atoms with van der Waals surface area (Å²) in [7, 11) is 0. The first-order chi connectivity index (χ1) is 11.6. The maximum atomic E-state index is 12.7. The minimum Gasteiger partial charge on any atom is -0.350 e. The van der Waals surface area contributed by atoms with E-state index in [2.05, 4.69) is 5.32 Å². The largest absolute Gasteiger partial charge is 0.350 e. The van der Waals surface area contributed by atoms with Crippen molar-refractivity contribution in [3.05, 3.63) is 65.2 Å². The number of hydrogen-bond donors (Lipinski definition) is 1. The van der Waals surface area contributed by atoms with E-state index >= 15 is 0 Å². The third-order valence-corrected chi connectivity index (χ3v) is 4.56. The molecule has 124 valence electrons. The summed E-state index contributed by atoms with van der Waals surface area (Å²) in [6.45, 7) is 4.33. The SMILES string of the molecule is CCC(=O)N1c2ccccc2CC1C(=O)NCc1ccccc1C. The standard InChI is InChI=1S/C20H22N2O2/c1-3-19(23)22-17-11-7-6-9-15(17)12-18(22)20(24)21-13-16-10-5-4-8-14(16)2/h4-11,18H,3,12-13H2,1-2H3,(H,21,24). The lowest BCUT2D eigenvalue weighted by atomic mass is 10.1. The van der Waals surface area contributed by atoms with Crippen LogP contribution in [0.3, 0.4) is 0 Å². The summed E-state index contributed by atoms with van der Waals surface area (Å²) in [5.74, 6) is -0.118. The average Bonchev–Trinajstić information content (AvgIpc) is 2.99. The Balaban J connectivity index is 1.77. The third kappa shape index (κ3) is 3.04. The second kappa shape index (κ2) is 6.87. The quantitative estimate of drug-likeness (QED) is 0.941. The normalized spacial score (nSPS) is 15.9. The molecule has 1 unspecified atom stereocenters. The molecule has 1 aliphatic heterocycles. The lowest BCUT2D eigenvalue weighted by Crippen LogP contribution is -2.47. The van der Waals surface area contributed by atoms with Gasteiger partial charge in [0.25, 0.3) is 0 Å². The second-order valence-corrected chi connectivity index (χ2v) is 6.11. The number of nitrogens with zero attached hydrogens (tertiary/aromatic N) is 1. The molecule has 0 aromatic heterocycles. The van der Waals surface area contributed by atoms with Gasteiger partial charge in [-0.05, 0) is 29.7 Å². The van der Waals surface area contributed by atoms with Crippen molar-refractivity contribution in [3.63, 3.8) is 0 Å². The van der Waals surface area contributed by atoms with Gasteiger partial charge in [0, 0.05) is 25.1 Å². The van der Waals surface area contributed by atoms with E-state index in [0.717, 1.165) is 22.4 Å². The van der Waals surface area contributed by atoms with Gasteiger partial charge in [0.1, 0.15) is 6.04 Å². The Labute approximate surface area is 142 Å². The number of hydrogen-bond acceptors (Lipinski definition) is 2. The van der Waals surface area contributed by atoms with Gasteiger partial charge >= 0.3 is 0 Å². The van der Waals surface area contributed by atoms with Crippen LogP contribution in [0.4, 0.5) is 5.69 Å². The molecule has 4 heteroatoms. The van der Waals surface area contributed by atoms with Crippen molar-refractivity contribution in [1.82, 2.24) is 5.32 Å². The van der Waals surface area contributed by atoms with Gasteiger partial charge in [-0.15, -0.1) is 0 Å². The van der Waals surface area contributed by atoms with E-state index in [1.54, 1.807) is 4.90 Å². The molecule has 2 amide bonds. The number of rotatable bonds is 4. The zero-order valence-corrected chi connectivity index (χ0v) is 14.1. The summed E-state index contributed by atoms with van der Waals surface area (Å²) >= 11 is 0. The Kier molecular flexibility index (Phi) is 4.65. The van der Waals surface area contributed by atoms with Crippen molar-refractivity contribution < 1.29 is 9.59 Å². The summed E-state index contributed by atoms with van der Waals surface area (Å²) in [6.07, 6.45) is 0.956. The number of carbonyl (C=O) groups is 2. The van der Waals surface area contributed by atoms with Gasteiger partial charge in [0.15, 0.2) is 0 Å². The number of benzene rings is 2. The molecular weight excluding hydrogens is 300 g/mol. The van der Waals surface area contributed by atoms with E-state index in [-0.39, 0.29) is 11.8 Å². The predicted molar refractivity (Wildman–Crippen MR) is 94.7 cm³/mol. The molecule has 2 aromatic carbocycles. The number of para-hydroxylation sites is 1. The molecule has 3 rings (SSSR count). The maximum absolute atomic E-state index is 12.7. The molecule has 0 spiro atoms. The highest BCUT2D eigenvalue weighted by Gasteiger charge is 2.37. The highest BCUT2D eigenvalue weighted by Crippen LogP contribution is 2.32. The van der Waals surface area contributed by atoms with Crippen molar-refractivity contribution >= 4 is 17.5 Å². The van der Waals surface area contributed by atoms with Crippen LogP contribution in [-0.2, 0) is 22.6 Å². The first-order valence-corrected chi connectivity index (χ1v) is 8.34. The number of fused-ring (bicyclic) bond motifs is 1. The number of nitrogens with one attached hydrogen (secondary N) is 1. The van der Waals surface area contributed by atoms with Crippen LogP contribution in [0.2, 0.25) is 0 Å².